The van der Waals surface area contributed by atoms with Crippen LogP contribution in [0.3, 0.4) is 0 Å². The van der Waals surface area contributed by atoms with Crippen LogP contribution < -0.4 is 16.4 Å². The number of anilines is 1. The van der Waals surface area contributed by atoms with Crippen LogP contribution in [0.5, 0.6) is 0 Å². The molecule has 2 aromatic carbocycles. The molecule has 0 bridgehead atoms. The Bertz CT molecular complexity index is 593. The first-order chi connectivity index (χ1) is 10.2. The zero-order chi connectivity index (χ0) is 15.1. The molecule has 0 aliphatic carbocycles. The zero-order valence-corrected chi connectivity index (χ0v) is 12.2. The summed E-state index contributed by atoms with van der Waals surface area (Å²) in [6.45, 7) is 3.17. The molecule has 2 rings (SSSR count). The van der Waals surface area contributed by atoms with Gasteiger partial charge in [-0.25, -0.2) is 4.79 Å². The van der Waals surface area contributed by atoms with Gasteiger partial charge in [0.15, 0.2) is 0 Å². The number of urea groups is 1. The summed E-state index contributed by atoms with van der Waals surface area (Å²) in [5, 5.41) is 5.65. The Morgan fingerprint density at radius 2 is 1.86 bits per heavy atom. The van der Waals surface area contributed by atoms with Gasteiger partial charge in [-0.05, 0) is 36.6 Å². The van der Waals surface area contributed by atoms with Crippen molar-refractivity contribution < 1.29 is 4.79 Å². The van der Waals surface area contributed by atoms with Crippen LogP contribution in [0.25, 0.3) is 0 Å². The van der Waals surface area contributed by atoms with E-state index in [-0.39, 0.29) is 6.03 Å². The zero-order valence-electron chi connectivity index (χ0n) is 12.2. The van der Waals surface area contributed by atoms with Gasteiger partial charge in [-0.15, -0.1) is 0 Å². The second-order valence-corrected chi connectivity index (χ2v) is 5.02. The predicted octanol–water partition coefficient (Wildman–Crippen LogP) is 2.82. The highest BCUT2D eigenvalue weighted by atomic mass is 16.2. The second-order valence-electron chi connectivity index (χ2n) is 5.02. The standard InChI is InChI=1S/C17H21N3O/c1-13-3-2-4-14(11-13)9-10-19-17(21)20-16-7-5-15(12-18)6-8-16/h2-8,11H,9-10,12,18H2,1H3,(H2,19,20,21). The van der Waals surface area contributed by atoms with E-state index >= 15 is 0 Å². The fraction of sp³-hybridized carbons (Fsp3) is 0.235. The Morgan fingerprint density at radius 3 is 2.52 bits per heavy atom. The van der Waals surface area contributed by atoms with Crippen LogP contribution >= 0.6 is 0 Å². The van der Waals surface area contributed by atoms with E-state index in [0.717, 1.165) is 17.7 Å². The highest BCUT2D eigenvalue weighted by molar-refractivity contribution is 5.89. The van der Waals surface area contributed by atoms with Crippen molar-refractivity contribution >= 4 is 11.7 Å². The molecule has 0 saturated heterocycles. The molecule has 2 amide bonds. The lowest BCUT2D eigenvalue weighted by atomic mass is 10.1. The molecular weight excluding hydrogens is 262 g/mol. The van der Waals surface area contributed by atoms with Crippen LogP contribution in [0.2, 0.25) is 0 Å². The lowest BCUT2D eigenvalue weighted by Crippen LogP contribution is -2.30. The van der Waals surface area contributed by atoms with Gasteiger partial charge in [0.25, 0.3) is 0 Å². The van der Waals surface area contributed by atoms with E-state index in [0.29, 0.717) is 13.1 Å². The van der Waals surface area contributed by atoms with Gasteiger partial charge in [-0.2, -0.15) is 0 Å². The third-order valence-electron chi connectivity index (χ3n) is 3.23. The SMILES string of the molecule is Cc1cccc(CCNC(=O)Nc2ccc(CN)cc2)c1. The first-order valence-electron chi connectivity index (χ1n) is 7.07. The molecule has 0 saturated carbocycles. The van der Waals surface area contributed by atoms with E-state index in [1.165, 1.54) is 11.1 Å². The third kappa shape index (κ3) is 4.93. The van der Waals surface area contributed by atoms with Gasteiger partial charge in [0.05, 0.1) is 0 Å². The molecule has 21 heavy (non-hydrogen) atoms. The predicted molar refractivity (Wildman–Crippen MR) is 86.2 cm³/mol. The minimum atomic E-state index is -0.192. The number of nitrogens with one attached hydrogen (secondary N) is 2. The van der Waals surface area contributed by atoms with Gasteiger partial charge < -0.3 is 16.4 Å². The molecule has 0 aromatic heterocycles. The Balaban J connectivity index is 1.76. The van der Waals surface area contributed by atoms with Crippen molar-refractivity contribution in [2.45, 2.75) is 19.9 Å². The summed E-state index contributed by atoms with van der Waals surface area (Å²) in [5.41, 5.74) is 9.80. The van der Waals surface area contributed by atoms with Crippen LogP contribution in [0.15, 0.2) is 48.5 Å². The fourth-order valence-corrected chi connectivity index (χ4v) is 2.09. The molecule has 0 heterocycles. The van der Waals surface area contributed by atoms with Crippen molar-refractivity contribution in [3.63, 3.8) is 0 Å². The van der Waals surface area contributed by atoms with Gasteiger partial charge in [0.1, 0.15) is 0 Å². The summed E-state index contributed by atoms with van der Waals surface area (Å²) in [4.78, 5) is 11.8. The lowest BCUT2D eigenvalue weighted by Gasteiger charge is -2.08. The Hall–Kier alpha value is -2.33. The monoisotopic (exact) mass is 283 g/mol. The van der Waals surface area contributed by atoms with Crippen LogP contribution in [0, 0.1) is 6.92 Å². The molecule has 0 atom stereocenters. The summed E-state index contributed by atoms with van der Waals surface area (Å²) >= 11 is 0. The quantitative estimate of drug-likeness (QED) is 0.790. The molecule has 0 spiro atoms. The van der Waals surface area contributed by atoms with Crippen molar-refractivity contribution in [2.75, 3.05) is 11.9 Å². The summed E-state index contributed by atoms with van der Waals surface area (Å²) < 4.78 is 0. The van der Waals surface area contributed by atoms with Crippen molar-refractivity contribution in [3.8, 4) is 0 Å². The molecule has 110 valence electrons. The molecule has 4 heteroatoms. The molecule has 0 aliphatic rings. The normalized spacial score (nSPS) is 10.2. The minimum Gasteiger partial charge on any atom is -0.338 e. The van der Waals surface area contributed by atoms with Crippen molar-refractivity contribution in [1.82, 2.24) is 5.32 Å². The van der Waals surface area contributed by atoms with Gasteiger partial charge in [-0.3, -0.25) is 0 Å². The third-order valence-corrected chi connectivity index (χ3v) is 3.23. The number of carbonyl (C=O) groups excluding carboxylic acids is 1. The largest absolute Gasteiger partial charge is 0.338 e. The summed E-state index contributed by atoms with van der Waals surface area (Å²) in [7, 11) is 0. The smallest absolute Gasteiger partial charge is 0.319 e. The molecule has 0 radical (unpaired) electrons. The molecule has 0 fully saturated rings. The van der Waals surface area contributed by atoms with Crippen LogP contribution in [-0.2, 0) is 13.0 Å². The van der Waals surface area contributed by atoms with Crippen LogP contribution in [-0.4, -0.2) is 12.6 Å². The minimum absolute atomic E-state index is 0.192. The average Bonchev–Trinajstić information content (AvgIpc) is 2.48. The Kier molecular flexibility index (Phi) is 5.35. The molecule has 0 unspecified atom stereocenters. The van der Waals surface area contributed by atoms with Crippen LogP contribution in [0.1, 0.15) is 16.7 Å². The van der Waals surface area contributed by atoms with Crippen molar-refractivity contribution in [1.29, 1.82) is 0 Å². The Morgan fingerprint density at radius 1 is 1.10 bits per heavy atom. The number of amides is 2. The second kappa shape index (κ2) is 7.45. The average molecular weight is 283 g/mol. The number of rotatable bonds is 5. The number of hydrogen-bond donors (Lipinski definition) is 3. The van der Waals surface area contributed by atoms with Gasteiger partial charge in [-0.1, -0.05) is 42.0 Å². The molecule has 2 aromatic rings. The number of aryl methyl sites for hydroxylation is 1. The van der Waals surface area contributed by atoms with Gasteiger partial charge in [0, 0.05) is 18.8 Å². The van der Waals surface area contributed by atoms with Crippen molar-refractivity contribution in [2.24, 2.45) is 5.73 Å². The van der Waals surface area contributed by atoms with E-state index in [4.69, 9.17) is 5.73 Å². The molecule has 4 N–H and O–H groups in total. The lowest BCUT2D eigenvalue weighted by molar-refractivity contribution is 0.252. The van der Waals surface area contributed by atoms with E-state index in [1.807, 2.05) is 30.3 Å². The molecular formula is C17H21N3O. The maximum absolute atomic E-state index is 11.8. The number of nitrogens with two attached hydrogens (primary N) is 1. The summed E-state index contributed by atoms with van der Waals surface area (Å²) in [6, 6.07) is 15.6. The Labute approximate surface area is 125 Å². The van der Waals surface area contributed by atoms with E-state index in [2.05, 4.69) is 35.8 Å². The first kappa shape index (κ1) is 15.1. The highest BCUT2D eigenvalue weighted by Crippen LogP contribution is 2.09. The van der Waals surface area contributed by atoms with Crippen molar-refractivity contribution in [3.05, 3.63) is 65.2 Å². The highest BCUT2D eigenvalue weighted by Gasteiger charge is 2.01. The maximum atomic E-state index is 11.8. The number of hydrogen-bond acceptors (Lipinski definition) is 2. The maximum Gasteiger partial charge on any atom is 0.319 e. The first-order valence-corrected chi connectivity index (χ1v) is 7.07. The summed E-state index contributed by atoms with van der Waals surface area (Å²) in [5.74, 6) is 0. The van der Waals surface area contributed by atoms with Gasteiger partial charge in [0.2, 0.25) is 0 Å². The van der Waals surface area contributed by atoms with Gasteiger partial charge >= 0.3 is 6.03 Å². The fourth-order valence-electron chi connectivity index (χ4n) is 2.09. The molecule has 0 aliphatic heterocycles. The van der Waals surface area contributed by atoms with Crippen LogP contribution in [0.4, 0.5) is 10.5 Å². The van der Waals surface area contributed by atoms with E-state index in [9.17, 15) is 4.79 Å². The van der Waals surface area contributed by atoms with E-state index < -0.39 is 0 Å². The number of benzene rings is 2. The molecule has 4 nitrogen and oxygen atoms in total. The number of carbonyl (C=O) groups is 1. The summed E-state index contributed by atoms with van der Waals surface area (Å²) in [6.07, 6.45) is 0.821. The van der Waals surface area contributed by atoms with E-state index in [1.54, 1.807) is 0 Å². The topological polar surface area (TPSA) is 67.2 Å².